The third-order valence-electron chi connectivity index (χ3n) is 2.39. The summed E-state index contributed by atoms with van der Waals surface area (Å²) >= 11 is 0. The fraction of sp³-hybridized carbons (Fsp3) is 0.750. The van der Waals surface area contributed by atoms with Crippen molar-refractivity contribution in [3.8, 4) is 0 Å². The zero-order valence-corrected chi connectivity index (χ0v) is 13.4. The maximum atomic E-state index is 11.5. The van der Waals surface area contributed by atoms with Crippen LogP contribution in [0.3, 0.4) is 0 Å². The van der Waals surface area contributed by atoms with E-state index in [4.69, 9.17) is 20.6 Å². The third-order valence-corrected chi connectivity index (χ3v) is 4.57. The van der Waals surface area contributed by atoms with E-state index in [0.717, 1.165) is 6.92 Å². The molecule has 0 amide bonds. The molecule has 5 atom stereocenters. The number of carbonyl (C=O) groups excluding carboxylic acids is 2. The van der Waals surface area contributed by atoms with Crippen LogP contribution < -0.4 is 5.73 Å². The van der Waals surface area contributed by atoms with Crippen molar-refractivity contribution in [1.29, 1.82) is 0 Å². The molecule has 0 saturated carbocycles. The van der Waals surface area contributed by atoms with E-state index in [0.29, 0.717) is 0 Å². The van der Waals surface area contributed by atoms with Crippen LogP contribution in [0.5, 0.6) is 0 Å². The van der Waals surface area contributed by atoms with Crippen molar-refractivity contribution in [2.24, 2.45) is 5.73 Å². The zero-order valence-electron chi connectivity index (χ0n) is 11.6. The minimum atomic E-state index is -5.56. The minimum absolute atomic E-state index is 0.790. The van der Waals surface area contributed by atoms with Crippen LogP contribution in [0.1, 0.15) is 6.92 Å². The van der Waals surface area contributed by atoms with Crippen molar-refractivity contribution in [3.05, 3.63) is 0 Å². The van der Waals surface area contributed by atoms with Gasteiger partial charge in [0.2, 0.25) is 5.78 Å². The number of hydrogen-bond donors (Lipinski definition) is 7. The molecular formula is C8H17NO12P2. The Morgan fingerprint density at radius 3 is 2.00 bits per heavy atom. The first-order chi connectivity index (χ1) is 10.2. The van der Waals surface area contributed by atoms with Crippen molar-refractivity contribution in [2.75, 3.05) is 6.61 Å². The van der Waals surface area contributed by atoms with Gasteiger partial charge >= 0.3 is 15.6 Å². The highest BCUT2D eigenvalue weighted by Gasteiger charge is 2.44. The number of Topliss-reactive ketones (excluding diaryl/α,β-unsaturated/α-hetero) is 2. The van der Waals surface area contributed by atoms with Crippen LogP contribution in [0.15, 0.2) is 0 Å². The van der Waals surface area contributed by atoms with E-state index < -0.39 is 58.2 Å². The van der Waals surface area contributed by atoms with E-state index in [-0.39, 0.29) is 0 Å². The molecule has 13 nitrogen and oxygen atoms in total. The molecule has 0 aromatic carbocycles. The highest BCUT2D eigenvalue weighted by molar-refractivity contribution is 7.60. The monoisotopic (exact) mass is 381 g/mol. The number of aliphatic hydroxyl groups is 3. The van der Waals surface area contributed by atoms with Crippen LogP contribution in [0.4, 0.5) is 0 Å². The predicted molar refractivity (Wildman–Crippen MR) is 70.6 cm³/mol. The number of rotatable bonds is 10. The maximum absolute atomic E-state index is 11.5. The molecule has 0 fully saturated rings. The Hall–Kier alpha value is -0.560. The number of aliphatic hydroxyl groups excluding tert-OH is 3. The van der Waals surface area contributed by atoms with Gasteiger partial charge in [0.15, 0.2) is 5.78 Å². The summed E-state index contributed by atoms with van der Waals surface area (Å²) in [6.07, 6.45) is -6.57. The van der Waals surface area contributed by atoms with Crippen LogP contribution in [-0.2, 0) is 27.6 Å². The molecule has 1 unspecified atom stereocenters. The van der Waals surface area contributed by atoms with Crippen molar-refractivity contribution in [1.82, 2.24) is 0 Å². The molecule has 0 aliphatic carbocycles. The van der Waals surface area contributed by atoms with Crippen LogP contribution in [0.2, 0.25) is 0 Å². The highest BCUT2D eigenvalue weighted by Crippen LogP contribution is 2.58. The molecule has 0 bridgehead atoms. The Morgan fingerprint density at radius 1 is 1.17 bits per heavy atom. The Balaban J connectivity index is 5.52. The molecule has 0 rings (SSSR count). The van der Waals surface area contributed by atoms with Gasteiger partial charge in [-0.05, 0) is 0 Å². The lowest BCUT2D eigenvalue weighted by Gasteiger charge is -2.30. The van der Waals surface area contributed by atoms with E-state index in [1.165, 1.54) is 0 Å². The van der Waals surface area contributed by atoms with Gasteiger partial charge in [-0.1, -0.05) is 0 Å². The lowest BCUT2D eigenvalue weighted by molar-refractivity contribution is -0.140. The number of nitrogens with two attached hydrogens (primary N) is 1. The fourth-order valence-corrected chi connectivity index (χ4v) is 3.15. The van der Waals surface area contributed by atoms with Gasteiger partial charge in [-0.3, -0.25) is 14.1 Å². The standard InChI is InChI=1S/C8H17NO12P2/c1-3(11)6(13)5(9)8(7(14)4(12)2-10)20-23(18,19)21-22(15,16)17/h4-5,7-8,10,12,14H,2,9H2,1H3,(H,18,19)(H2,15,16,17)/t4-,5+,7-,8-/m1/s1. The molecule has 0 aromatic heterocycles. The van der Waals surface area contributed by atoms with Gasteiger partial charge in [0.05, 0.1) is 6.61 Å². The first kappa shape index (κ1) is 22.4. The normalized spacial score (nSPS) is 20.2. The summed E-state index contributed by atoms with van der Waals surface area (Å²) in [4.78, 5) is 48.6. The molecule has 0 heterocycles. The van der Waals surface area contributed by atoms with E-state index in [1.54, 1.807) is 0 Å². The largest absolute Gasteiger partial charge is 0.481 e. The van der Waals surface area contributed by atoms with Gasteiger partial charge in [-0.25, -0.2) is 9.13 Å². The Morgan fingerprint density at radius 2 is 1.65 bits per heavy atom. The molecule has 136 valence electrons. The molecule has 0 saturated heterocycles. The SMILES string of the molecule is CC(=O)C(=O)[C@H](N)[C@@H](OP(=O)(O)OP(=O)(O)O)[C@H](O)[C@H](O)CO. The van der Waals surface area contributed by atoms with Crippen molar-refractivity contribution >= 4 is 27.2 Å². The van der Waals surface area contributed by atoms with E-state index in [2.05, 4.69) is 8.83 Å². The predicted octanol–water partition coefficient (Wildman–Crippen LogP) is -3.22. The first-order valence-corrected chi connectivity index (χ1v) is 8.80. The van der Waals surface area contributed by atoms with Gasteiger partial charge in [-0.2, -0.15) is 4.31 Å². The molecule has 8 N–H and O–H groups in total. The summed E-state index contributed by atoms with van der Waals surface area (Å²) in [5.74, 6) is -2.50. The summed E-state index contributed by atoms with van der Waals surface area (Å²) < 4.78 is 29.7. The topological polar surface area (TPSA) is 234 Å². The average molecular weight is 381 g/mol. The highest BCUT2D eigenvalue weighted by atomic mass is 31.3. The average Bonchev–Trinajstić information content (AvgIpc) is 2.38. The van der Waals surface area contributed by atoms with Gasteiger partial charge in [0.1, 0.15) is 24.4 Å². The molecule has 0 aliphatic rings. The van der Waals surface area contributed by atoms with Gasteiger partial charge in [0.25, 0.3) is 0 Å². The molecule has 0 radical (unpaired) electrons. The van der Waals surface area contributed by atoms with Crippen molar-refractivity contribution < 1.29 is 57.6 Å². The first-order valence-electron chi connectivity index (χ1n) is 5.77. The van der Waals surface area contributed by atoms with E-state index >= 15 is 0 Å². The Labute approximate surface area is 129 Å². The van der Waals surface area contributed by atoms with Gasteiger partial charge < -0.3 is 35.7 Å². The molecule has 0 aromatic rings. The third kappa shape index (κ3) is 7.70. The van der Waals surface area contributed by atoms with Crippen LogP contribution >= 0.6 is 15.6 Å². The van der Waals surface area contributed by atoms with Crippen LogP contribution in [-0.4, -0.2) is 72.5 Å². The van der Waals surface area contributed by atoms with Crippen LogP contribution in [0, 0.1) is 0 Å². The summed E-state index contributed by atoms with van der Waals surface area (Å²) in [5, 5.41) is 27.7. The smallest absolute Gasteiger partial charge is 0.394 e. The summed E-state index contributed by atoms with van der Waals surface area (Å²) in [6, 6.07) is -2.09. The number of ketones is 2. The quantitative estimate of drug-likeness (QED) is 0.146. The zero-order chi connectivity index (χ0) is 18.6. The summed E-state index contributed by atoms with van der Waals surface area (Å²) in [6.45, 7) is -0.296. The second-order valence-corrected chi connectivity index (χ2v) is 7.08. The number of phosphoric ester groups is 1. The van der Waals surface area contributed by atoms with Gasteiger partial charge in [-0.15, -0.1) is 0 Å². The lowest BCUT2D eigenvalue weighted by Crippen LogP contribution is -2.55. The molecular weight excluding hydrogens is 364 g/mol. The fourth-order valence-electron chi connectivity index (χ4n) is 1.36. The van der Waals surface area contributed by atoms with Crippen LogP contribution in [0.25, 0.3) is 0 Å². The van der Waals surface area contributed by atoms with Crippen molar-refractivity contribution in [3.63, 3.8) is 0 Å². The lowest BCUT2D eigenvalue weighted by atomic mass is 9.97. The second kappa shape index (κ2) is 8.51. The maximum Gasteiger partial charge on any atom is 0.481 e. The van der Waals surface area contributed by atoms with E-state index in [1.807, 2.05) is 0 Å². The number of carbonyl (C=O) groups is 2. The second-order valence-electron chi connectivity index (χ2n) is 4.30. The molecule has 0 aliphatic heterocycles. The summed E-state index contributed by atoms with van der Waals surface area (Å²) in [7, 11) is -11.1. The van der Waals surface area contributed by atoms with Gasteiger partial charge in [0, 0.05) is 6.92 Å². The summed E-state index contributed by atoms with van der Waals surface area (Å²) in [5.41, 5.74) is 5.30. The molecule has 15 heteroatoms. The minimum Gasteiger partial charge on any atom is -0.394 e. The number of phosphoric acid groups is 2. The molecule has 0 spiro atoms. The van der Waals surface area contributed by atoms with Crippen molar-refractivity contribution in [2.45, 2.75) is 31.3 Å². The molecule has 23 heavy (non-hydrogen) atoms. The van der Waals surface area contributed by atoms with E-state index in [9.17, 15) is 33.8 Å². The Kier molecular flexibility index (Phi) is 8.30. The Bertz CT molecular complexity index is 531. The number of hydrogen-bond acceptors (Lipinski definition) is 10.